The van der Waals surface area contributed by atoms with Gasteiger partial charge in [0.05, 0.1) is 17.5 Å². The van der Waals surface area contributed by atoms with E-state index >= 15 is 0 Å². The van der Waals surface area contributed by atoms with Crippen LogP contribution >= 0.6 is 11.3 Å². The molecule has 0 bridgehead atoms. The van der Waals surface area contributed by atoms with Crippen molar-refractivity contribution in [2.75, 3.05) is 26.7 Å². The van der Waals surface area contributed by atoms with Crippen LogP contribution in [0.1, 0.15) is 42.2 Å². The van der Waals surface area contributed by atoms with Crippen molar-refractivity contribution in [3.63, 3.8) is 0 Å². The molecule has 2 aliphatic heterocycles. The van der Waals surface area contributed by atoms with Gasteiger partial charge in [-0.2, -0.15) is 13.2 Å². The van der Waals surface area contributed by atoms with Gasteiger partial charge in [-0.05, 0) is 38.4 Å². The van der Waals surface area contributed by atoms with Crippen LogP contribution in [-0.4, -0.2) is 47.4 Å². The minimum Gasteiger partial charge on any atom is -0.338 e. The van der Waals surface area contributed by atoms with Crippen molar-refractivity contribution < 1.29 is 18.0 Å². The molecule has 0 saturated carbocycles. The Bertz CT molecular complexity index is 876. The lowest BCUT2D eigenvalue weighted by Crippen LogP contribution is -2.36. The third-order valence-electron chi connectivity index (χ3n) is 5.91. The molecule has 2 saturated heterocycles. The fourth-order valence-corrected chi connectivity index (χ4v) is 5.48. The molecule has 29 heavy (non-hydrogen) atoms. The number of carbonyl (C=O) groups excluding carboxylic acids is 1. The van der Waals surface area contributed by atoms with Gasteiger partial charge in [0.1, 0.15) is 5.01 Å². The number of piperidine rings is 1. The molecule has 3 heterocycles. The third kappa shape index (κ3) is 4.19. The number of halogens is 3. The molecule has 2 aromatic rings. The highest BCUT2D eigenvalue weighted by molar-refractivity contribution is 7.15. The number of rotatable bonds is 4. The number of amides is 1. The molecule has 0 N–H and O–H groups in total. The zero-order valence-electron chi connectivity index (χ0n) is 16.3. The van der Waals surface area contributed by atoms with Crippen LogP contribution in [0.2, 0.25) is 0 Å². The van der Waals surface area contributed by atoms with Gasteiger partial charge in [-0.15, -0.1) is 11.3 Å². The standard InChI is InChI=1S/C21H24F3N3OS/c1-26-17(11-14(20(26)28)13-27-9-5-2-6-10-27)18-12-25-19(29-18)15-7-3-4-8-16(15)21(22,23)24/h3-4,7-8,12,14,17H,2,5-6,9-11,13H2,1H3. The molecule has 0 spiro atoms. The summed E-state index contributed by atoms with van der Waals surface area (Å²) in [5, 5.41) is 0.341. The quantitative estimate of drug-likeness (QED) is 0.707. The highest BCUT2D eigenvalue weighted by Gasteiger charge is 2.40. The largest absolute Gasteiger partial charge is 0.417 e. The van der Waals surface area contributed by atoms with Crippen LogP contribution in [0.25, 0.3) is 10.6 Å². The highest BCUT2D eigenvalue weighted by Crippen LogP contribution is 2.42. The fourth-order valence-electron chi connectivity index (χ4n) is 4.37. The molecule has 2 fully saturated rings. The van der Waals surface area contributed by atoms with Gasteiger partial charge >= 0.3 is 6.18 Å². The Hall–Kier alpha value is -1.93. The van der Waals surface area contributed by atoms with Crippen LogP contribution in [0.4, 0.5) is 13.2 Å². The molecule has 1 amide bonds. The minimum atomic E-state index is -4.43. The lowest BCUT2D eigenvalue weighted by molar-refractivity contribution is -0.137. The Labute approximate surface area is 172 Å². The SMILES string of the molecule is CN1C(=O)C(CN2CCCCC2)CC1c1cnc(-c2ccccc2C(F)(F)F)s1. The summed E-state index contributed by atoms with van der Waals surface area (Å²) in [7, 11) is 1.78. The summed E-state index contributed by atoms with van der Waals surface area (Å²) < 4.78 is 40.0. The summed E-state index contributed by atoms with van der Waals surface area (Å²) in [6.07, 6.45) is 1.50. The Morgan fingerprint density at radius 3 is 2.62 bits per heavy atom. The third-order valence-corrected chi connectivity index (χ3v) is 7.05. The summed E-state index contributed by atoms with van der Waals surface area (Å²) in [6.45, 7) is 2.84. The van der Waals surface area contributed by atoms with Crippen LogP contribution in [0, 0.1) is 5.92 Å². The van der Waals surface area contributed by atoms with Gasteiger partial charge in [-0.25, -0.2) is 4.98 Å². The number of likely N-dealkylation sites (tertiary alicyclic amines) is 2. The number of nitrogens with zero attached hydrogens (tertiary/aromatic N) is 3. The topological polar surface area (TPSA) is 36.4 Å². The molecule has 156 valence electrons. The average molecular weight is 424 g/mol. The van der Waals surface area contributed by atoms with E-state index < -0.39 is 11.7 Å². The lowest BCUT2D eigenvalue weighted by Gasteiger charge is -2.28. The van der Waals surface area contributed by atoms with Crippen molar-refractivity contribution in [2.45, 2.75) is 37.9 Å². The molecule has 2 aliphatic rings. The van der Waals surface area contributed by atoms with Gasteiger partial charge in [-0.3, -0.25) is 4.79 Å². The zero-order chi connectivity index (χ0) is 20.6. The number of benzene rings is 1. The predicted octanol–water partition coefficient (Wildman–Crippen LogP) is 4.83. The first-order chi connectivity index (χ1) is 13.8. The van der Waals surface area contributed by atoms with Crippen LogP contribution in [0.15, 0.2) is 30.5 Å². The second-order valence-electron chi connectivity index (χ2n) is 7.87. The first-order valence-corrected chi connectivity index (χ1v) is 10.8. The van der Waals surface area contributed by atoms with Crippen LogP contribution in [-0.2, 0) is 11.0 Å². The average Bonchev–Trinajstić information content (AvgIpc) is 3.29. The summed E-state index contributed by atoms with van der Waals surface area (Å²) in [5.41, 5.74) is -0.590. The van der Waals surface area contributed by atoms with Gasteiger partial charge in [0.15, 0.2) is 0 Å². The zero-order valence-corrected chi connectivity index (χ0v) is 17.1. The van der Waals surface area contributed by atoms with E-state index in [4.69, 9.17) is 0 Å². The maximum Gasteiger partial charge on any atom is 0.417 e. The van der Waals surface area contributed by atoms with E-state index in [0.29, 0.717) is 11.4 Å². The minimum absolute atomic E-state index is 0.0592. The van der Waals surface area contributed by atoms with Crippen LogP contribution in [0.5, 0.6) is 0 Å². The normalized spacial score (nSPS) is 23.7. The monoisotopic (exact) mass is 423 g/mol. The van der Waals surface area contributed by atoms with Crippen molar-refractivity contribution in [3.05, 3.63) is 40.9 Å². The number of aromatic nitrogens is 1. The number of hydrogen-bond donors (Lipinski definition) is 0. The molecular weight excluding hydrogens is 399 g/mol. The number of hydrogen-bond acceptors (Lipinski definition) is 4. The molecule has 4 rings (SSSR count). The lowest BCUT2D eigenvalue weighted by atomic mass is 10.0. The van der Waals surface area contributed by atoms with Crippen molar-refractivity contribution in [3.8, 4) is 10.6 Å². The van der Waals surface area contributed by atoms with E-state index in [-0.39, 0.29) is 23.4 Å². The number of carbonyl (C=O) groups is 1. The maximum atomic E-state index is 13.3. The molecule has 4 nitrogen and oxygen atoms in total. The van der Waals surface area contributed by atoms with Crippen LogP contribution in [0.3, 0.4) is 0 Å². The summed E-state index contributed by atoms with van der Waals surface area (Å²) >= 11 is 1.25. The molecule has 0 aliphatic carbocycles. The molecule has 8 heteroatoms. The summed E-state index contributed by atoms with van der Waals surface area (Å²) in [4.78, 5) is 22.0. The second kappa shape index (κ2) is 8.07. The van der Waals surface area contributed by atoms with E-state index in [0.717, 1.165) is 30.6 Å². The van der Waals surface area contributed by atoms with Crippen LogP contribution < -0.4 is 0 Å². The molecule has 1 aromatic carbocycles. The molecule has 2 atom stereocenters. The van der Waals surface area contributed by atoms with E-state index in [1.807, 2.05) is 0 Å². The van der Waals surface area contributed by atoms with Gasteiger partial charge in [0.25, 0.3) is 0 Å². The summed E-state index contributed by atoms with van der Waals surface area (Å²) in [5.74, 6) is 0.0577. The van der Waals surface area contributed by atoms with Gasteiger partial charge in [0.2, 0.25) is 5.91 Å². The van der Waals surface area contributed by atoms with Gasteiger partial charge in [-0.1, -0.05) is 24.6 Å². The number of thiazole rings is 1. The maximum absolute atomic E-state index is 13.3. The molecule has 1 aromatic heterocycles. The van der Waals surface area contributed by atoms with Crippen molar-refractivity contribution in [2.24, 2.45) is 5.92 Å². The summed E-state index contributed by atoms with van der Waals surface area (Å²) in [6, 6.07) is 5.38. The number of alkyl halides is 3. The molecular formula is C21H24F3N3OS. The van der Waals surface area contributed by atoms with Crippen molar-refractivity contribution in [1.29, 1.82) is 0 Å². The van der Waals surface area contributed by atoms with E-state index in [1.165, 1.54) is 42.7 Å². The Morgan fingerprint density at radius 1 is 1.17 bits per heavy atom. The Kier molecular flexibility index (Phi) is 5.66. The Balaban J connectivity index is 1.53. The predicted molar refractivity (Wildman–Crippen MR) is 106 cm³/mol. The molecule has 2 unspecified atom stereocenters. The van der Waals surface area contributed by atoms with Crippen molar-refractivity contribution >= 4 is 17.2 Å². The van der Waals surface area contributed by atoms with Gasteiger partial charge < -0.3 is 9.80 Å². The van der Waals surface area contributed by atoms with E-state index in [9.17, 15) is 18.0 Å². The first kappa shape index (κ1) is 20.3. The fraction of sp³-hybridized carbons (Fsp3) is 0.524. The second-order valence-corrected chi connectivity index (χ2v) is 8.93. The van der Waals surface area contributed by atoms with E-state index in [1.54, 1.807) is 24.2 Å². The Morgan fingerprint density at radius 2 is 1.90 bits per heavy atom. The van der Waals surface area contributed by atoms with E-state index in [2.05, 4.69) is 9.88 Å². The first-order valence-electron chi connectivity index (χ1n) is 9.96. The smallest absolute Gasteiger partial charge is 0.338 e. The van der Waals surface area contributed by atoms with Gasteiger partial charge in [0, 0.05) is 30.2 Å². The highest BCUT2D eigenvalue weighted by atomic mass is 32.1. The molecule has 0 radical (unpaired) electrons. The van der Waals surface area contributed by atoms with Crippen molar-refractivity contribution in [1.82, 2.24) is 14.8 Å².